The molecule has 0 aliphatic heterocycles. The van der Waals surface area contributed by atoms with Crippen LogP contribution in [0.15, 0.2) is 52.9 Å². The number of furan rings is 1. The Labute approximate surface area is 109 Å². The van der Waals surface area contributed by atoms with Gasteiger partial charge in [0.05, 0.1) is 0 Å². The van der Waals surface area contributed by atoms with E-state index in [-0.39, 0.29) is 0 Å². The van der Waals surface area contributed by atoms with Gasteiger partial charge in [-0.3, -0.25) is 0 Å². The lowest BCUT2D eigenvalue weighted by Crippen LogP contribution is -1.79. The van der Waals surface area contributed by atoms with Gasteiger partial charge in [-0.25, -0.2) is 0 Å². The molecule has 2 nitrogen and oxygen atoms in total. The summed E-state index contributed by atoms with van der Waals surface area (Å²) in [6.07, 6.45) is 0. The summed E-state index contributed by atoms with van der Waals surface area (Å²) in [5, 5.41) is 14.1. The van der Waals surface area contributed by atoms with Crippen molar-refractivity contribution in [1.82, 2.24) is 0 Å². The van der Waals surface area contributed by atoms with Crippen molar-refractivity contribution in [3.05, 3.63) is 54.1 Å². The van der Waals surface area contributed by atoms with Gasteiger partial charge in [0.1, 0.15) is 16.9 Å². The summed E-state index contributed by atoms with van der Waals surface area (Å²) in [6, 6.07) is 15.7. The molecule has 0 aliphatic carbocycles. The van der Waals surface area contributed by atoms with Gasteiger partial charge in [-0.05, 0) is 53.6 Å². The highest BCUT2D eigenvalue weighted by molar-refractivity contribution is 6.10. The van der Waals surface area contributed by atoms with E-state index in [4.69, 9.17) is 4.42 Å². The standard InChI is InChI=1S/C17H12O2/c1-10-6-12(18)7-11-8-17-15(9-14(10)11)13-4-2-3-5-16(13)19-17/h2-9,18H,1H3. The number of phenolic OH excluding ortho intramolecular Hbond substituents is 1. The molecule has 3 aromatic carbocycles. The Balaban J connectivity index is 2.25. The molecule has 0 aliphatic rings. The topological polar surface area (TPSA) is 33.4 Å². The first kappa shape index (κ1) is 10.4. The second-order valence-electron chi connectivity index (χ2n) is 4.93. The van der Waals surface area contributed by atoms with E-state index in [9.17, 15) is 5.11 Å². The first-order valence-corrected chi connectivity index (χ1v) is 6.27. The van der Waals surface area contributed by atoms with Crippen LogP contribution in [0.1, 0.15) is 5.56 Å². The van der Waals surface area contributed by atoms with Crippen molar-refractivity contribution in [3.8, 4) is 5.75 Å². The Bertz CT molecular complexity index is 932. The highest BCUT2D eigenvalue weighted by atomic mass is 16.3. The van der Waals surface area contributed by atoms with Crippen molar-refractivity contribution in [1.29, 1.82) is 0 Å². The van der Waals surface area contributed by atoms with E-state index in [1.165, 1.54) is 0 Å². The summed E-state index contributed by atoms with van der Waals surface area (Å²) in [4.78, 5) is 0. The number of aromatic hydroxyl groups is 1. The third-order valence-corrected chi connectivity index (χ3v) is 3.64. The number of benzene rings is 3. The second kappa shape index (κ2) is 3.51. The van der Waals surface area contributed by atoms with Crippen molar-refractivity contribution < 1.29 is 9.52 Å². The van der Waals surface area contributed by atoms with Gasteiger partial charge >= 0.3 is 0 Å². The Morgan fingerprint density at radius 3 is 2.58 bits per heavy atom. The van der Waals surface area contributed by atoms with Gasteiger partial charge in [-0.1, -0.05) is 18.2 Å². The minimum absolute atomic E-state index is 0.292. The number of hydrogen-bond acceptors (Lipinski definition) is 2. The molecule has 0 spiro atoms. The lowest BCUT2D eigenvalue weighted by atomic mass is 10.0. The van der Waals surface area contributed by atoms with Gasteiger partial charge < -0.3 is 9.52 Å². The van der Waals surface area contributed by atoms with Crippen LogP contribution in [0.25, 0.3) is 32.7 Å². The number of phenols is 1. The summed E-state index contributed by atoms with van der Waals surface area (Å²) >= 11 is 0. The molecule has 0 bridgehead atoms. The van der Waals surface area contributed by atoms with Crippen LogP contribution in [-0.2, 0) is 0 Å². The van der Waals surface area contributed by atoms with Crippen molar-refractivity contribution in [2.75, 3.05) is 0 Å². The molecule has 0 saturated heterocycles. The lowest BCUT2D eigenvalue weighted by Gasteiger charge is -2.03. The van der Waals surface area contributed by atoms with Crippen LogP contribution in [0.5, 0.6) is 5.75 Å². The molecule has 1 N–H and O–H groups in total. The molecule has 0 unspecified atom stereocenters. The number of aryl methyl sites for hydroxylation is 1. The van der Waals surface area contributed by atoms with Gasteiger partial charge in [0.2, 0.25) is 0 Å². The van der Waals surface area contributed by atoms with Crippen LogP contribution in [0.4, 0.5) is 0 Å². The summed E-state index contributed by atoms with van der Waals surface area (Å²) < 4.78 is 5.86. The molecule has 19 heavy (non-hydrogen) atoms. The van der Waals surface area contributed by atoms with E-state index in [0.717, 1.165) is 38.3 Å². The monoisotopic (exact) mass is 248 g/mol. The number of para-hydroxylation sites is 1. The van der Waals surface area contributed by atoms with E-state index >= 15 is 0 Å². The third-order valence-electron chi connectivity index (χ3n) is 3.64. The van der Waals surface area contributed by atoms with Gasteiger partial charge in [-0.2, -0.15) is 0 Å². The zero-order valence-corrected chi connectivity index (χ0v) is 10.5. The van der Waals surface area contributed by atoms with E-state index in [1.54, 1.807) is 12.1 Å². The highest BCUT2D eigenvalue weighted by Crippen LogP contribution is 2.34. The lowest BCUT2D eigenvalue weighted by molar-refractivity contribution is 0.476. The maximum atomic E-state index is 9.69. The van der Waals surface area contributed by atoms with Crippen LogP contribution in [0.2, 0.25) is 0 Å². The average molecular weight is 248 g/mol. The largest absolute Gasteiger partial charge is 0.508 e. The van der Waals surface area contributed by atoms with E-state index < -0.39 is 0 Å². The fourth-order valence-corrected chi connectivity index (χ4v) is 2.75. The van der Waals surface area contributed by atoms with Gasteiger partial charge in [0.15, 0.2) is 0 Å². The predicted molar refractivity (Wildman–Crippen MR) is 77.6 cm³/mol. The van der Waals surface area contributed by atoms with Crippen LogP contribution in [-0.4, -0.2) is 5.11 Å². The normalized spacial score (nSPS) is 11.6. The number of rotatable bonds is 0. The minimum Gasteiger partial charge on any atom is -0.508 e. The van der Waals surface area contributed by atoms with E-state index in [1.807, 2.05) is 31.2 Å². The molecule has 4 rings (SSSR count). The predicted octanol–water partition coefficient (Wildman–Crippen LogP) is 4.75. The molecule has 0 fully saturated rings. The fraction of sp³-hybridized carbons (Fsp3) is 0.0588. The van der Waals surface area contributed by atoms with Crippen LogP contribution < -0.4 is 0 Å². The number of fused-ring (bicyclic) bond motifs is 4. The van der Waals surface area contributed by atoms with E-state index in [2.05, 4.69) is 12.1 Å². The molecule has 1 heterocycles. The van der Waals surface area contributed by atoms with Crippen molar-refractivity contribution in [2.45, 2.75) is 6.92 Å². The Morgan fingerprint density at radius 1 is 0.842 bits per heavy atom. The summed E-state index contributed by atoms with van der Waals surface area (Å²) in [5.74, 6) is 0.292. The van der Waals surface area contributed by atoms with Gasteiger partial charge in [0.25, 0.3) is 0 Å². The molecule has 2 heteroatoms. The van der Waals surface area contributed by atoms with Crippen molar-refractivity contribution in [2.24, 2.45) is 0 Å². The zero-order chi connectivity index (χ0) is 13.0. The SMILES string of the molecule is Cc1cc(O)cc2cc3oc4ccccc4c3cc12. The first-order chi connectivity index (χ1) is 9.22. The van der Waals surface area contributed by atoms with Crippen LogP contribution >= 0.6 is 0 Å². The first-order valence-electron chi connectivity index (χ1n) is 6.27. The summed E-state index contributed by atoms with van der Waals surface area (Å²) in [6.45, 7) is 2.01. The molecule has 1 aromatic heterocycles. The number of hydrogen-bond donors (Lipinski definition) is 1. The molecule has 0 saturated carbocycles. The molecular weight excluding hydrogens is 236 g/mol. The molecule has 92 valence electrons. The molecular formula is C17H12O2. The van der Waals surface area contributed by atoms with Crippen molar-refractivity contribution >= 4 is 32.7 Å². The highest BCUT2D eigenvalue weighted by Gasteiger charge is 2.09. The second-order valence-corrected chi connectivity index (χ2v) is 4.93. The third kappa shape index (κ3) is 1.43. The maximum absolute atomic E-state index is 9.69. The van der Waals surface area contributed by atoms with Gasteiger partial charge in [0, 0.05) is 10.8 Å². The fourth-order valence-electron chi connectivity index (χ4n) is 2.75. The molecule has 0 atom stereocenters. The van der Waals surface area contributed by atoms with E-state index in [0.29, 0.717) is 5.75 Å². The molecule has 0 radical (unpaired) electrons. The minimum atomic E-state index is 0.292. The Morgan fingerprint density at radius 2 is 1.68 bits per heavy atom. The van der Waals surface area contributed by atoms with Gasteiger partial charge in [-0.15, -0.1) is 0 Å². The quantitative estimate of drug-likeness (QED) is 0.487. The van der Waals surface area contributed by atoms with Crippen LogP contribution in [0.3, 0.4) is 0 Å². The molecule has 0 amide bonds. The Hall–Kier alpha value is -2.48. The average Bonchev–Trinajstić information content (AvgIpc) is 2.74. The Kier molecular flexibility index (Phi) is 1.93. The summed E-state index contributed by atoms with van der Waals surface area (Å²) in [5.41, 5.74) is 2.83. The maximum Gasteiger partial charge on any atom is 0.136 e. The smallest absolute Gasteiger partial charge is 0.136 e. The zero-order valence-electron chi connectivity index (χ0n) is 10.5. The summed E-state index contributed by atoms with van der Waals surface area (Å²) in [7, 11) is 0. The molecule has 4 aromatic rings. The van der Waals surface area contributed by atoms with Crippen molar-refractivity contribution in [3.63, 3.8) is 0 Å². The van der Waals surface area contributed by atoms with Crippen LogP contribution in [0, 0.1) is 6.92 Å².